The largest absolute Gasteiger partial charge is 0.463 e. The molecule has 0 radical (unpaired) electrons. The Hall–Kier alpha value is -3.24. The summed E-state index contributed by atoms with van der Waals surface area (Å²) >= 11 is 0. The fourth-order valence-corrected chi connectivity index (χ4v) is 2.89. The zero-order chi connectivity index (χ0) is 23.8. The van der Waals surface area contributed by atoms with Crippen molar-refractivity contribution in [2.75, 3.05) is 20.3 Å². The Balaban J connectivity index is 3.57. The molecule has 0 spiro atoms. The van der Waals surface area contributed by atoms with Crippen molar-refractivity contribution in [2.24, 2.45) is 0 Å². The van der Waals surface area contributed by atoms with Gasteiger partial charge in [-0.05, 0) is 0 Å². The maximum absolute atomic E-state index is 12.2. The smallest absolute Gasteiger partial charge is 0.303 e. The zero-order valence-corrected chi connectivity index (χ0v) is 17.7. The van der Waals surface area contributed by atoms with Gasteiger partial charge in [0.2, 0.25) is 12.0 Å². The molecule has 0 aromatic carbocycles. The van der Waals surface area contributed by atoms with Crippen LogP contribution in [0.5, 0.6) is 0 Å². The second kappa shape index (κ2) is 11.2. The predicted molar refractivity (Wildman–Crippen MR) is 96.5 cm³/mol. The monoisotopic (exact) mass is 444 g/mol. The minimum atomic E-state index is -2.40. The van der Waals surface area contributed by atoms with Crippen LogP contribution in [0.25, 0.3) is 0 Å². The molecule has 0 aromatic heterocycles. The van der Waals surface area contributed by atoms with E-state index in [-0.39, 0.29) is 0 Å². The molecule has 172 valence electrons. The number of hydrogen-bond acceptors (Lipinski definition) is 12. The van der Waals surface area contributed by atoms with Crippen LogP contribution in [0.4, 0.5) is 0 Å². The van der Waals surface area contributed by atoms with Crippen LogP contribution in [0.2, 0.25) is 0 Å². The number of carbonyl (C=O) groups is 5. The van der Waals surface area contributed by atoms with Crippen LogP contribution in [0.3, 0.4) is 0 Å². The first-order valence-corrected chi connectivity index (χ1v) is 8.99. The third-order valence-corrected chi connectivity index (χ3v) is 3.84. The fraction of sp³-hybridized carbons (Fsp3) is 0.667. The van der Waals surface area contributed by atoms with Crippen LogP contribution in [-0.4, -0.2) is 80.2 Å². The maximum atomic E-state index is 12.2. The predicted octanol–water partition coefficient (Wildman–Crippen LogP) is -1.27. The molecule has 1 rings (SSSR count). The summed E-state index contributed by atoms with van der Waals surface area (Å²) in [5.74, 6) is -4.16. The number of nitrogens with zero attached hydrogens (tertiary/aromatic N) is 1. The van der Waals surface area contributed by atoms with Gasteiger partial charge in [-0.3, -0.25) is 24.0 Å². The number of nitrogens with one attached hydrogen (secondary N) is 1. The quantitative estimate of drug-likeness (QED) is 0.347. The van der Waals surface area contributed by atoms with Crippen molar-refractivity contribution >= 4 is 29.8 Å². The van der Waals surface area contributed by atoms with Gasteiger partial charge in [-0.2, -0.15) is 5.26 Å². The van der Waals surface area contributed by atoms with E-state index in [0.29, 0.717) is 0 Å². The maximum Gasteiger partial charge on any atom is 0.303 e. The van der Waals surface area contributed by atoms with Crippen molar-refractivity contribution in [3.63, 3.8) is 0 Å². The van der Waals surface area contributed by atoms with E-state index < -0.39 is 73.1 Å². The van der Waals surface area contributed by atoms with Gasteiger partial charge in [0.1, 0.15) is 25.4 Å². The van der Waals surface area contributed by atoms with Gasteiger partial charge in [-0.1, -0.05) is 0 Å². The van der Waals surface area contributed by atoms with Gasteiger partial charge in [0, 0.05) is 34.8 Å². The number of methoxy groups -OCH3 is 1. The van der Waals surface area contributed by atoms with E-state index in [1.54, 1.807) is 6.07 Å². The van der Waals surface area contributed by atoms with Crippen LogP contribution in [0, 0.1) is 11.3 Å². The third kappa shape index (κ3) is 7.19. The molecule has 0 bridgehead atoms. The van der Waals surface area contributed by atoms with E-state index in [0.717, 1.165) is 27.7 Å². The highest BCUT2D eigenvalue weighted by molar-refractivity contribution is 5.78. The lowest BCUT2D eigenvalue weighted by atomic mass is 9.90. The van der Waals surface area contributed by atoms with Gasteiger partial charge in [0.25, 0.3) is 5.72 Å². The number of amides is 1. The van der Waals surface area contributed by atoms with Crippen molar-refractivity contribution < 1.29 is 52.4 Å². The minimum Gasteiger partial charge on any atom is -0.463 e. The number of hydrogen-bond donors (Lipinski definition) is 1. The Labute approximate surface area is 177 Å². The number of nitriles is 1. The van der Waals surface area contributed by atoms with Gasteiger partial charge >= 0.3 is 23.9 Å². The van der Waals surface area contributed by atoms with Gasteiger partial charge < -0.3 is 33.7 Å². The Bertz CT molecular complexity index is 762. The molecule has 1 N–H and O–H groups in total. The number of esters is 4. The van der Waals surface area contributed by atoms with Crippen LogP contribution >= 0.6 is 0 Å². The molecule has 13 heteroatoms. The summed E-state index contributed by atoms with van der Waals surface area (Å²) in [7, 11) is 1.23. The molecule has 0 unspecified atom stereocenters. The Morgan fingerprint density at radius 3 is 1.94 bits per heavy atom. The molecule has 1 fully saturated rings. The molecule has 31 heavy (non-hydrogen) atoms. The van der Waals surface area contributed by atoms with Gasteiger partial charge in [0.15, 0.2) is 12.2 Å². The van der Waals surface area contributed by atoms with Crippen LogP contribution in [0.1, 0.15) is 27.7 Å². The standard InChI is InChI=1S/C18H24N2O11/c1-9(21)27-6-13-15(28-10(2)22)16(29-11(3)23)17(30-12(4)24)18(8-19,31-13)20-14(25)7-26-5/h13,15-17H,6-7H2,1-5H3,(H,20,25)/t13-,15+,16+,17-,18+/m1/s1. The molecule has 0 saturated carbocycles. The minimum absolute atomic E-state index is 0.486. The highest BCUT2D eigenvalue weighted by Gasteiger charge is 2.61. The molecule has 13 nitrogen and oxygen atoms in total. The molecule has 1 aliphatic rings. The van der Waals surface area contributed by atoms with Gasteiger partial charge in [0.05, 0.1) is 0 Å². The lowest BCUT2D eigenvalue weighted by Crippen LogP contribution is -2.73. The molecule has 1 aliphatic heterocycles. The van der Waals surface area contributed by atoms with E-state index in [9.17, 15) is 29.2 Å². The van der Waals surface area contributed by atoms with Gasteiger partial charge in [-0.15, -0.1) is 0 Å². The molecule has 1 heterocycles. The van der Waals surface area contributed by atoms with E-state index in [4.69, 9.17) is 28.4 Å². The molecular formula is C18H24N2O11. The van der Waals surface area contributed by atoms with Crippen LogP contribution < -0.4 is 5.32 Å². The van der Waals surface area contributed by atoms with Crippen LogP contribution in [-0.2, 0) is 52.4 Å². The first-order chi connectivity index (χ1) is 14.5. The Morgan fingerprint density at radius 1 is 0.935 bits per heavy atom. The molecular weight excluding hydrogens is 420 g/mol. The molecule has 1 saturated heterocycles. The summed E-state index contributed by atoms with van der Waals surface area (Å²) < 4.78 is 30.8. The van der Waals surface area contributed by atoms with Crippen molar-refractivity contribution in [2.45, 2.75) is 57.8 Å². The van der Waals surface area contributed by atoms with Crippen molar-refractivity contribution in [1.82, 2.24) is 5.32 Å². The normalized spacial score (nSPS) is 27.2. The van der Waals surface area contributed by atoms with Crippen molar-refractivity contribution in [3.8, 4) is 6.07 Å². The number of carbonyl (C=O) groups excluding carboxylic acids is 5. The second-order valence-electron chi connectivity index (χ2n) is 6.47. The average Bonchev–Trinajstić information content (AvgIpc) is 2.64. The SMILES string of the molecule is COCC(=O)N[C@@]1(C#N)O[C@H](COC(C)=O)[C@H](OC(C)=O)[C@H](OC(C)=O)[C@H]1OC(C)=O. The summed E-state index contributed by atoms with van der Waals surface area (Å²) in [5.41, 5.74) is -2.40. The summed E-state index contributed by atoms with van der Waals surface area (Å²) in [5, 5.41) is 12.1. The second-order valence-corrected chi connectivity index (χ2v) is 6.47. The first kappa shape index (κ1) is 25.8. The fourth-order valence-electron chi connectivity index (χ4n) is 2.89. The molecule has 1 amide bonds. The lowest BCUT2D eigenvalue weighted by molar-refractivity contribution is -0.277. The topological polar surface area (TPSA) is 177 Å². The molecule has 0 aromatic rings. The molecule has 0 aliphatic carbocycles. The van der Waals surface area contributed by atoms with E-state index in [2.05, 4.69) is 5.32 Å². The highest BCUT2D eigenvalue weighted by atomic mass is 16.7. The highest BCUT2D eigenvalue weighted by Crippen LogP contribution is 2.34. The Kier molecular flexibility index (Phi) is 9.35. The van der Waals surface area contributed by atoms with E-state index in [1.807, 2.05) is 0 Å². The summed E-state index contributed by atoms with van der Waals surface area (Å²) in [6, 6.07) is 1.70. The number of rotatable bonds is 8. The number of ether oxygens (including phenoxy) is 6. The first-order valence-electron chi connectivity index (χ1n) is 8.99. The zero-order valence-electron chi connectivity index (χ0n) is 17.7. The summed E-state index contributed by atoms with van der Waals surface area (Å²) in [6.07, 6.45) is -6.18. The average molecular weight is 444 g/mol. The lowest BCUT2D eigenvalue weighted by Gasteiger charge is -2.47. The molecule has 5 atom stereocenters. The van der Waals surface area contributed by atoms with E-state index in [1.165, 1.54) is 7.11 Å². The van der Waals surface area contributed by atoms with Crippen molar-refractivity contribution in [1.29, 1.82) is 5.26 Å². The van der Waals surface area contributed by atoms with E-state index >= 15 is 0 Å². The third-order valence-electron chi connectivity index (χ3n) is 3.84. The van der Waals surface area contributed by atoms with Crippen LogP contribution in [0.15, 0.2) is 0 Å². The van der Waals surface area contributed by atoms with Gasteiger partial charge in [-0.25, -0.2) is 0 Å². The Morgan fingerprint density at radius 2 is 1.48 bits per heavy atom. The summed E-state index contributed by atoms with van der Waals surface area (Å²) in [6.45, 7) is 3.18. The summed E-state index contributed by atoms with van der Waals surface area (Å²) in [4.78, 5) is 58.6. The van der Waals surface area contributed by atoms with Crippen molar-refractivity contribution in [3.05, 3.63) is 0 Å².